The second-order valence-electron chi connectivity index (χ2n) is 5.00. The van der Waals surface area contributed by atoms with E-state index in [1.807, 2.05) is 36.4 Å². The highest BCUT2D eigenvalue weighted by molar-refractivity contribution is 5.48. The summed E-state index contributed by atoms with van der Waals surface area (Å²) in [7, 11) is 0. The van der Waals surface area contributed by atoms with Crippen LogP contribution in [-0.2, 0) is 5.41 Å². The lowest BCUT2D eigenvalue weighted by atomic mass is 9.66. The van der Waals surface area contributed by atoms with Gasteiger partial charge in [0.05, 0.1) is 24.3 Å². The maximum Gasteiger partial charge on any atom is 0.168 e. The molecule has 0 fully saturated rings. The van der Waals surface area contributed by atoms with E-state index < -0.39 is 11.3 Å². The van der Waals surface area contributed by atoms with E-state index in [-0.39, 0.29) is 5.92 Å². The van der Waals surface area contributed by atoms with Gasteiger partial charge in [-0.1, -0.05) is 24.3 Å². The SMILES string of the molecule is N#CC(C#N)CC1CCC(C#N)(C#N)c2ccccc21. The molecular formula is C16H12N4. The van der Waals surface area contributed by atoms with Crippen molar-refractivity contribution >= 4 is 0 Å². The number of hydrogen-bond donors (Lipinski definition) is 0. The average molecular weight is 260 g/mol. The van der Waals surface area contributed by atoms with Crippen LogP contribution in [0.3, 0.4) is 0 Å². The van der Waals surface area contributed by atoms with Crippen molar-refractivity contribution in [3.63, 3.8) is 0 Å². The summed E-state index contributed by atoms with van der Waals surface area (Å²) in [5, 5.41) is 36.6. The Balaban J connectivity index is 2.44. The summed E-state index contributed by atoms with van der Waals surface area (Å²) >= 11 is 0. The topological polar surface area (TPSA) is 95.2 Å². The summed E-state index contributed by atoms with van der Waals surface area (Å²) < 4.78 is 0. The van der Waals surface area contributed by atoms with Crippen molar-refractivity contribution in [2.24, 2.45) is 5.92 Å². The van der Waals surface area contributed by atoms with E-state index in [9.17, 15) is 10.5 Å². The number of fused-ring (bicyclic) bond motifs is 1. The second-order valence-corrected chi connectivity index (χ2v) is 5.00. The quantitative estimate of drug-likeness (QED) is 0.816. The minimum atomic E-state index is -1.10. The third kappa shape index (κ3) is 2.09. The van der Waals surface area contributed by atoms with Crippen LogP contribution >= 0.6 is 0 Å². The molecule has 0 bridgehead atoms. The summed E-state index contributed by atoms with van der Waals surface area (Å²) in [4.78, 5) is 0. The van der Waals surface area contributed by atoms with Crippen molar-refractivity contribution < 1.29 is 0 Å². The molecule has 1 aliphatic rings. The highest BCUT2D eigenvalue weighted by Crippen LogP contribution is 2.44. The first-order chi connectivity index (χ1) is 9.70. The van der Waals surface area contributed by atoms with Crippen molar-refractivity contribution in [1.29, 1.82) is 21.0 Å². The van der Waals surface area contributed by atoms with E-state index in [1.54, 1.807) is 0 Å². The molecule has 0 saturated carbocycles. The van der Waals surface area contributed by atoms with Crippen LogP contribution in [0.25, 0.3) is 0 Å². The summed E-state index contributed by atoms with van der Waals surface area (Å²) in [6.45, 7) is 0. The van der Waals surface area contributed by atoms with Gasteiger partial charge in [-0.15, -0.1) is 0 Å². The highest BCUT2D eigenvalue weighted by Gasteiger charge is 2.40. The van der Waals surface area contributed by atoms with E-state index in [2.05, 4.69) is 12.1 Å². The van der Waals surface area contributed by atoms with Crippen LogP contribution < -0.4 is 0 Å². The van der Waals surface area contributed by atoms with Gasteiger partial charge in [0.1, 0.15) is 5.92 Å². The third-order valence-electron chi connectivity index (χ3n) is 3.94. The van der Waals surface area contributed by atoms with E-state index in [4.69, 9.17) is 10.5 Å². The Morgan fingerprint density at radius 1 is 1.10 bits per heavy atom. The molecule has 2 rings (SSSR count). The van der Waals surface area contributed by atoms with Crippen molar-refractivity contribution in [2.75, 3.05) is 0 Å². The molecule has 0 aromatic heterocycles. The molecule has 0 spiro atoms. The summed E-state index contributed by atoms with van der Waals surface area (Å²) in [6.07, 6.45) is 1.56. The van der Waals surface area contributed by atoms with Crippen LogP contribution in [0, 0.1) is 51.2 Å². The van der Waals surface area contributed by atoms with Gasteiger partial charge in [0.25, 0.3) is 0 Å². The van der Waals surface area contributed by atoms with Crippen molar-refractivity contribution in [3.05, 3.63) is 35.4 Å². The largest absolute Gasteiger partial charge is 0.197 e. The first kappa shape index (κ1) is 13.6. The smallest absolute Gasteiger partial charge is 0.168 e. The molecule has 0 aliphatic heterocycles. The van der Waals surface area contributed by atoms with E-state index in [1.165, 1.54) is 0 Å². The van der Waals surface area contributed by atoms with Crippen molar-refractivity contribution in [1.82, 2.24) is 0 Å². The zero-order chi connectivity index (χ0) is 14.6. The van der Waals surface area contributed by atoms with Crippen molar-refractivity contribution in [3.8, 4) is 24.3 Å². The molecule has 0 amide bonds. The lowest BCUT2D eigenvalue weighted by Crippen LogP contribution is -2.30. The second kappa shape index (κ2) is 5.44. The predicted octanol–water partition coefficient (Wildman–Crippen LogP) is 2.90. The normalized spacial score (nSPS) is 18.9. The maximum atomic E-state index is 9.37. The lowest BCUT2D eigenvalue weighted by molar-refractivity contribution is 0.443. The van der Waals surface area contributed by atoms with Gasteiger partial charge >= 0.3 is 0 Å². The van der Waals surface area contributed by atoms with Gasteiger partial charge in [-0.05, 0) is 36.3 Å². The fourth-order valence-corrected chi connectivity index (χ4v) is 2.84. The van der Waals surface area contributed by atoms with Crippen molar-refractivity contribution in [2.45, 2.75) is 30.6 Å². The number of nitrogens with zero attached hydrogens (tertiary/aromatic N) is 4. The molecule has 0 N–H and O–H groups in total. The Kier molecular flexibility index (Phi) is 3.70. The molecule has 1 aliphatic carbocycles. The van der Waals surface area contributed by atoms with Crippen LogP contribution in [0.1, 0.15) is 36.3 Å². The number of nitriles is 4. The fraction of sp³-hybridized carbons (Fsp3) is 0.375. The zero-order valence-electron chi connectivity index (χ0n) is 10.9. The summed E-state index contributed by atoms with van der Waals surface area (Å²) in [5.74, 6) is -0.588. The fourth-order valence-electron chi connectivity index (χ4n) is 2.84. The van der Waals surface area contributed by atoms with Crippen LogP contribution in [0.5, 0.6) is 0 Å². The van der Waals surface area contributed by atoms with Gasteiger partial charge in [-0.25, -0.2) is 0 Å². The molecule has 96 valence electrons. The van der Waals surface area contributed by atoms with Crippen LogP contribution in [-0.4, -0.2) is 0 Å². The van der Waals surface area contributed by atoms with Crippen LogP contribution in [0.15, 0.2) is 24.3 Å². The highest BCUT2D eigenvalue weighted by atomic mass is 14.5. The van der Waals surface area contributed by atoms with Gasteiger partial charge in [0.15, 0.2) is 5.41 Å². The lowest BCUT2D eigenvalue weighted by Gasteiger charge is -2.33. The molecule has 1 aromatic rings. The first-order valence-electron chi connectivity index (χ1n) is 6.42. The van der Waals surface area contributed by atoms with E-state index >= 15 is 0 Å². The molecular weight excluding hydrogens is 248 g/mol. The molecule has 1 atom stereocenters. The van der Waals surface area contributed by atoms with Gasteiger partial charge in [0, 0.05) is 0 Å². The molecule has 0 saturated heterocycles. The summed E-state index contributed by atoms with van der Waals surface area (Å²) in [6, 6.07) is 15.6. The Morgan fingerprint density at radius 2 is 1.75 bits per heavy atom. The van der Waals surface area contributed by atoms with Gasteiger partial charge in [-0.2, -0.15) is 21.0 Å². The Hall–Kier alpha value is -2.82. The molecule has 4 nitrogen and oxygen atoms in total. The Bertz CT molecular complexity index is 650. The number of rotatable bonds is 2. The molecule has 0 radical (unpaired) electrons. The molecule has 1 aromatic carbocycles. The molecule has 20 heavy (non-hydrogen) atoms. The third-order valence-corrected chi connectivity index (χ3v) is 3.94. The predicted molar refractivity (Wildman–Crippen MR) is 70.7 cm³/mol. The number of benzene rings is 1. The van der Waals surface area contributed by atoms with Crippen LogP contribution in [0.2, 0.25) is 0 Å². The first-order valence-corrected chi connectivity index (χ1v) is 6.42. The van der Waals surface area contributed by atoms with Gasteiger partial charge in [-0.3, -0.25) is 0 Å². The summed E-state index contributed by atoms with van der Waals surface area (Å²) in [5.41, 5.74) is 0.565. The molecule has 0 heterocycles. The number of hydrogen-bond acceptors (Lipinski definition) is 4. The minimum Gasteiger partial charge on any atom is -0.197 e. The molecule has 4 heteroatoms. The van der Waals surface area contributed by atoms with Crippen LogP contribution in [0.4, 0.5) is 0 Å². The Labute approximate surface area is 118 Å². The standard InChI is InChI=1S/C16H12N4/c17-8-12(9-18)7-13-5-6-16(10-19,11-20)15-4-2-1-3-14(13)15/h1-4,12-13H,5-7H2. The van der Waals surface area contributed by atoms with E-state index in [0.29, 0.717) is 19.3 Å². The monoisotopic (exact) mass is 260 g/mol. The van der Waals surface area contributed by atoms with E-state index in [0.717, 1.165) is 11.1 Å². The Morgan fingerprint density at radius 3 is 2.35 bits per heavy atom. The maximum absolute atomic E-state index is 9.37. The van der Waals surface area contributed by atoms with Gasteiger partial charge < -0.3 is 0 Å². The average Bonchev–Trinajstić information content (AvgIpc) is 2.52. The molecule has 1 unspecified atom stereocenters. The van der Waals surface area contributed by atoms with Gasteiger partial charge in [0.2, 0.25) is 0 Å². The minimum absolute atomic E-state index is 0.0605. The zero-order valence-corrected chi connectivity index (χ0v) is 10.9.